The van der Waals surface area contributed by atoms with E-state index >= 15 is 0 Å². The molecular weight excluding hydrogens is 216 g/mol. The third kappa shape index (κ3) is 2.37. The first-order valence-corrected chi connectivity index (χ1v) is 5.80. The van der Waals surface area contributed by atoms with Gasteiger partial charge in [0.1, 0.15) is 6.54 Å². The molecule has 17 heavy (non-hydrogen) atoms. The third-order valence-electron chi connectivity index (χ3n) is 3.05. The van der Waals surface area contributed by atoms with E-state index in [1.54, 1.807) is 7.05 Å². The normalized spacial score (nSPS) is 24.1. The van der Waals surface area contributed by atoms with Crippen molar-refractivity contribution in [3.8, 4) is 5.75 Å². The minimum Gasteiger partial charge on any atom is -0.630 e. The van der Waals surface area contributed by atoms with E-state index in [4.69, 9.17) is 10.5 Å². The summed E-state index contributed by atoms with van der Waals surface area (Å²) in [4.78, 5) is 0. The molecule has 1 aliphatic heterocycles. The third-order valence-corrected chi connectivity index (χ3v) is 3.05. The fourth-order valence-electron chi connectivity index (χ4n) is 2.05. The van der Waals surface area contributed by atoms with Crippen molar-refractivity contribution in [1.82, 2.24) is 0 Å². The van der Waals surface area contributed by atoms with Gasteiger partial charge < -0.3 is 20.3 Å². The van der Waals surface area contributed by atoms with Crippen LogP contribution in [0.4, 0.5) is 5.69 Å². The smallest absolute Gasteiger partial charge is 0.223 e. The fourth-order valence-corrected chi connectivity index (χ4v) is 2.05. The van der Waals surface area contributed by atoms with Crippen molar-refractivity contribution in [2.45, 2.75) is 32.7 Å². The van der Waals surface area contributed by atoms with E-state index in [1.807, 2.05) is 12.1 Å². The number of rotatable bonds is 0. The zero-order valence-electron chi connectivity index (χ0n) is 10.9. The van der Waals surface area contributed by atoms with E-state index in [0.29, 0.717) is 18.0 Å². The minimum absolute atomic E-state index is 0.0207. The number of nitrogens with two attached hydrogens (primary N) is 1. The molecule has 0 fully saturated rings. The maximum absolute atomic E-state index is 11.9. The molecule has 0 aliphatic carbocycles. The molecule has 0 radical (unpaired) electrons. The topological polar surface area (TPSA) is 58.3 Å². The molecule has 0 aromatic heterocycles. The Morgan fingerprint density at radius 2 is 2.00 bits per heavy atom. The van der Waals surface area contributed by atoms with Crippen LogP contribution < -0.4 is 10.5 Å². The maximum atomic E-state index is 11.9. The molecule has 0 saturated carbocycles. The number of fused-ring (bicyclic) bond motifs is 1. The molecule has 4 heteroatoms. The van der Waals surface area contributed by atoms with E-state index in [1.165, 1.54) is 0 Å². The number of quaternary nitrogens is 1. The first kappa shape index (κ1) is 12.2. The second-order valence-electron chi connectivity index (χ2n) is 6.03. The van der Waals surface area contributed by atoms with Crippen molar-refractivity contribution in [2.24, 2.45) is 0 Å². The molecule has 1 aromatic carbocycles. The Bertz CT molecular complexity index is 447. The Balaban J connectivity index is 2.49. The SMILES string of the molecule is CC(C)(C)c1cc(N)c2c(c1)C[N+](C)([O-])CO2. The Hall–Kier alpha value is -1.26. The van der Waals surface area contributed by atoms with Crippen LogP contribution in [0.15, 0.2) is 12.1 Å². The van der Waals surface area contributed by atoms with Gasteiger partial charge in [-0.1, -0.05) is 20.8 Å². The molecule has 0 spiro atoms. The number of hydrogen-bond acceptors (Lipinski definition) is 3. The van der Waals surface area contributed by atoms with Gasteiger partial charge in [0.25, 0.3) is 0 Å². The van der Waals surface area contributed by atoms with Crippen molar-refractivity contribution < 1.29 is 9.38 Å². The highest BCUT2D eigenvalue weighted by molar-refractivity contribution is 5.60. The van der Waals surface area contributed by atoms with Crippen LogP contribution in [0.1, 0.15) is 31.9 Å². The number of benzene rings is 1. The Morgan fingerprint density at radius 3 is 2.59 bits per heavy atom. The van der Waals surface area contributed by atoms with Crippen molar-refractivity contribution in [3.63, 3.8) is 0 Å². The largest absolute Gasteiger partial charge is 0.630 e. The van der Waals surface area contributed by atoms with Crippen molar-refractivity contribution >= 4 is 5.69 Å². The molecule has 4 nitrogen and oxygen atoms in total. The van der Waals surface area contributed by atoms with Crippen molar-refractivity contribution in [3.05, 3.63) is 28.5 Å². The molecule has 1 heterocycles. The Labute approximate surface area is 102 Å². The van der Waals surface area contributed by atoms with E-state index in [2.05, 4.69) is 20.8 Å². The van der Waals surface area contributed by atoms with Gasteiger partial charge in [0, 0.05) is 0 Å². The number of hydroxylamine groups is 3. The van der Waals surface area contributed by atoms with Crippen LogP contribution in [-0.2, 0) is 12.0 Å². The lowest BCUT2D eigenvalue weighted by atomic mass is 9.85. The lowest BCUT2D eigenvalue weighted by molar-refractivity contribution is -0.893. The average molecular weight is 236 g/mol. The van der Waals surface area contributed by atoms with Gasteiger partial charge in [-0.3, -0.25) is 0 Å². The highest BCUT2D eigenvalue weighted by Crippen LogP contribution is 2.37. The Kier molecular flexibility index (Phi) is 2.60. The number of nitrogen functional groups attached to an aromatic ring is 1. The predicted octanol–water partition coefficient (Wildman–Crippen LogP) is 2.36. The van der Waals surface area contributed by atoms with Crippen LogP contribution in [0.25, 0.3) is 0 Å². The first-order valence-electron chi connectivity index (χ1n) is 5.80. The molecule has 0 amide bonds. The summed E-state index contributed by atoms with van der Waals surface area (Å²) >= 11 is 0. The average Bonchev–Trinajstić information content (AvgIpc) is 2.13. The van der Waals surface area contributed by atoms with Gasteiger partial charge in [-0.05, 0) is 23.1 Å². The van der Waals surface area contributed by atoms with Crippen LogP contribution in [0.5, 0.6) is 5.75 Å². The predicted molar refractivity (Wildman–Crippen MR) is 68.3 cm³/mol. The molecule has 2 rings (SSSR count). The van der Waals surface area contributed by atoms with Gasteiger partial charge >= 0.3 is 0 Å². The zero-order valence-corrected chi connectivity index (χ0v) is 10.9. The first-order chi connectivity index (χ1) is 7.69. The van der Waals surface area contributed by atoms with Crippen molar-refractivity contribution in [1.29, 1.82) is 0 Å². The number of hydrogen-bond donors (Lipinski definition) is 1. The summed E-state index contributed by atoms with van der Waals surface area (Å²) in [5.74, 6) is 0.685. The summed E-state index contributed by atoms with van der Waals surface area (Å²) in [6, 6.07) is 3.98. The second-order valence-corrected chi connectivity index (χ2v) is 6.03. The summed E-state index contributed by atoms with van der Waals surface area (Å²) in [6.07, 6.45) is 0. The van der Waals surface area contributed by atoms with Gasteiger partial charge in [0.05, 0.1) is 18.3 Å². The molecule has 1 aliphatic rings. The van der Waals surface area contributed by atoms with Crippen LogP contribution >= 0.6 is 0 Å². The summed E-state index contributed by atoms with van der Waals surface area (Å²) in [5.41, 5.74) is 8.70. The molecule has 2 N–H and O–H groups in total. The molecule has 0 bridgehead atoms. The number of nitrogens with zero attached hydrogens (tertiary/aromatic N) is 1. The molecule has 1 aromatic rings. The fraction of sp³-hybridized carbons (Fsp3) is 0.538. The quantitative estimate of drug-likeness (QED) is 0.427. The molecule has 1 unspecified atom stereocenters. The molecular formula is C13H20N2O2. The van der Waals surface area contributed by atoms with E-state index < -0.39 is 4.65 Å². The van der Waals surface area contributed by atoms with Gasteiger partial charge in [0.2, 0.25) is 6.73 Å². The van der Waals surface area contributed by atoms with E-state index in [9.17, 15) is 5.21 Å². The molecule has 94 valence electrons. The summed E-state index contributed by atoms with van der Waals surface area (Å²) in [6.45, 7) is 6.94. The van der Waals surface area contributed by atoms with Gasteiger partial charge in [-0.15, -0.1) is 0 Å². The van der Waals surface area contributed by atoms with Gasteiger partial charge in [0.15, 0.2) is 5.75 Å². The standard InChI is InChI=1S/C13H20N2O2/c1-13(2,3)10-5-9-7-15(4,16)8-17-12(9)11(14)6-10/h5-6H,7-8,14H2,1-4H3. The highest BCUT2D eigenvalue weighted by Gasteiger charge is 2.26. The van der Waals surface area contributed by atoms with Gasteiger partial charge in [-0.25, -0.2) is 0 Å². The summed E-state index contributed by atoms with van der Waals surface area (Å²) in [5, 5.41) is 11.9. The van der Waals surface area contributed by atoms with Crippen LogP contribution in [0, 0.1) is 5.21 Å². The molecule has 1 atom stereocenters. The van der Waals surface area contributed by atoms with Crippen LogP contribution in [0.3, 0.4) is 0 Å². The lowest BCUT2D eigenvalue weighted by Gasteiger charge is -2.42. The zero-order chi connectivity index (χ0) is 12.8. The van der Waals surface area contributed by atoms with Crippen LogP contribution in [-0.4, -0.2) is 18.4 Å². The minimum atomic E-state index is -0.403. The van der Waals surface area contributed by atoms with Crippen LogP contribution in [0.2, 0.25) is 0 Å². The molecule has 0 saturated heterocycles. The lowest BCUT2D eigenvalue weighted by Crippen LogP contribution is -2.43. The van der Waals surface area contributed by atoms with Gasteiger partial charge in [-0.2, -0.15) is 0 Å². The van der Waals surface area contributed by atoms with Crippen molar-refractivity contribution in [2.75, 3.05) is 19.5 Å². The van der Waals surface area contributed by atoms with E-state index in [0.717, 1.165) is 11.1 Å². The number of ether oxygens (including phenoxy) is 1. The summed E-state index contributed by atoms with van der Waals surface area (Å²) in [7, 11) is 1.61. The highest BCUT2D eigenvalue weighted by atomic mass is 16.6. The Morgan fingerprint density at radius 1 is 1.35 bits per heavy atom. The number of anilines is 1. The maximum Gasteiger partial charge on any atom is 0.223 e. The van der Waals surface area contributed by atoms with E-state index in [-0.39, 0.29) is 12.1 Å². The summed E-state index contributed by atoms with van der Waals surface area (Å²) < 4.78 is 5.07. The monoisotopic (exact) mass is 236 g/mol. The second kappa shape index (κ2) is 3.62.